The van der Waals surface area contributed by atoms with Crippen molar-refractivity contribution >= 4 is 34.0 Å². The number of nitrogens with zero attached hydrogens (tertiary/aromatic N) is 1. The average molecular weight is 346 g/mol. The number of nitro benzene ring substituents is 1. The molecule has 5 heteroatoms. The third kappa shape index (κ3) is 3.31. The van der Waals surface area contributed by atoms with Gasteiger partial charge in [0.15, 0.2) is 0 Å². The third-order valence-corrected chi connectivity index (χ3v) is 3.98. The van der Waals surface area contributed by atoms with Crippen molar-refractivity contribution in [2.45, 2.75) is 38.1 Å². The number of nitrogens with one attached hydrogen (secondary N) is 1. The largest absolute Gasteiger partial charge is 0.382 e. The number of hydrogen-bond donors (Lipinski definition) is 1. The van der Waals surface area contributed by atoms with E-state index < -0.39 is 0 Å². The van der Waals surface area contributed by atoms with E-state index in [1.807, 2.05) is 28.7 Å². The van der Waals surface area contributed by atoms with Crippen LogP contribution >= 0.6 is 22.6 Å². The van der Waals surface area contributed by atoms with E-state index in [0.29, 0.717) is 9.61 Å². The molecule has 92 valence electrons. The summed E-state index contributed by atoms with van der Waals surface area (Å²) in [5, 5.41) is 14.2. The maximum absolute atomic E-state index is 10.7. The first-order chi connectivity index (χ1) is 8.16. The molecule has 1 N–H and O–H groups in total. The van der Waals surface area contributed by atoms with Crippen LogP contribution in [0.4, 0.5) is 11.4 Å². The van der Waals surface area contributed by atoms with Crippen LogP contribution in [0.3, 0.4) is 0 Å². The van der Waals surface area contributed by atoms with Gasteiger partial charge in [0.1, 0.15) is 0 Å². The quantitative estimate of drug-likeness (QED) is 0.512. The molecule has 1 aromatic carbocycles. The number of rotatable bonds is 3. The van der Waals surface area contributed by atoms with Gasteiger partial charge in [-0.15, -0.1) is 0 Å². The minimum Gasteiger partial charge on any atom is -0.382 e. The van der Waals surface area contributed by atoms with Crippen LogP contribution in [0, 0.1) is 13.7 Å². The molecule has 1 fully saturated rings. The second-order valence-corrected chi connectivity index (χ2v) is 5.56. The zero-order valence-corrected chi connectivity index (χ0v) is 11.6. The zero-order valence-electron chi connectivity index (χ0n) is 9.49. The zero-order chi connectivity index (χ0) is 12.3. The first-order valence-electron chi connectivity index (χ1n) is 5.87. The Labute approximate surface area is 114 Å². The highest BCUT2D eigenvalue weighted by atomic mass is 127. The predicted molar refractivity (Wildman–Crippen MR) is 76.3 cm³/mol. The third-order valence-electron chi connectivity index (χ3n) is 3.12. The molecule has 0 heterocycles. The molecule has 1 aromatic rings. The second-order valence-electron chi connectivity index (χ2n) is 4.40. The van der Waals surface area contributed by atoms with Crippen LogP contribution in [0.15, 0.2) is 18.2 Å². The van der Waals surface area contributed by atoms with Gasteiger partial charge < -0.3 is 5.32 Å². The minimum atomic E-state index is -0.341. The topological polar surface area (TPSA) is 55.2 Å². The summed E-state index contributed by atoms with van der Waals surface area (Å²) in [5.74, 6) is 0. The Morgan fingerprint density at radius 3 is 2.59 bits per heavy atom. The van der Waals surface area contributed by atoms with Crippen molar-refractivity contribution < 1.29 is 4.92 Å². The van der Waals surface area contributed by atoms with Crippen LogP contribution < -0.4 is 5.32 Å². The highest BCUT2D eigenvalue weighted by molar-refractivity contribution is 14.1. The SMILES string of the molecule is O=[N+]([O-])c1ccc(NC2CCCCC2)cc1I. The molecule has 0 radical (unpaired) electrons. The van der Waals surface area contributed by atoms with Crippen LogP contribution in [-0.2, 0) is 0 Å². The summed E-state index contributed by atoms with van der Waals surface area (Å²) in [6.07, 6.45) is 6.29. The lowest BCUT2D eigenvalue weighted by molar-refractivity contribution is -0.385. The fraction of sp³-hybridized carbons (Fsp3) is 0.500. The van der Waals surface area contributed by atoms with E-state index in [2.05, 4.69) is 5.32 Å². The van der Waals surface area contributed by atoms with Crippen molar-refractivity contribution in [2.75, 3.05) is 5.32 Å². The van der Waals surface area contributed by atoms with Crippen molar-refractivity contribution in [1.82, 2.24) is 0 Å². The predicted octanol–water partition coefficient (Wildman–Crippen LogP) is 3.94. The van der Waals surface area contributed by atoms with Gasteiger partial charge in [-0.3, -0.25) is 10.1 Å². The van der Waals surface area contributed by atoms with Gasteiger partial charge in [-0.2, -0.15) is 0 Å². The molecule has 0 atom stereocenters. The molecule has 4 nitrogen and oxygen atoms in total. The first kappa shape index (κ1) is 12.6. The molecule has 17 heavy (non-hydrogen) atoms. The van der Waals surface area contributed by atoms with Gasteiger partial charge in [0.25, 0.3) is 5.69 Å². The molecule has 1 aliphatic rings. The molecule has 0 spiro atoms. The molecule has 2 rings (SSSR count). The molecule has 0 aromatic heterocycles. The van der Waals surface area contributed by atoms with Gasteiger partial charge in [-0.05, 0) is 47.6 Å². The molecule has 1 saturated carbocycles. The highest BCUT2D eigenvalue weighted by Crippen LogP contribution is 2.26. The summed E-state index contributed by atoms with van der Waals surface area (Å²) in [6, 6.07) is 5.76. The number of halogens is 1. The summed E-state index contributed by atoms with van der Waals surface area (Å²) in [7, 11) is 0. The van der Waals surface area contributed by atoms with Gasteiger partial charge in [0, 0.05) is 17.8 Å². The lowest BCUT2D eigenvalue weighted by Gasteiger charge is -2.23. The second kappa shape index (κ2) is 5.66. The number of nitro groups is 1. The average Bonchev–Trinajstić information content (AvgIpc) is 2.30. The Kier molecular flexibility index (Phi) is 4.20. The molecule has 0 bridgehead atoms. The fourth-order valence-electron chi connectivity index (χ4n) is 2.23. The summed E-state index contributed by atoms with van der Waals surface area (Å²) >= 11 is 2.01. The van der Waals surface area contributed by atoms with E-state index in [-0.39, 0.29) is 10.6 Å². The van der Waals surface area contributed by atoms with Crippen LogP contribution in [0.1, 0.15) is 32.1 Å². The van der Waals surface area contributed by atoms with E-state index in [4.69, 9.17) is 0 Å². The monoisotopic (exact) mass is 346 g/mol. The summed E-state index contributed by atoms with van der Waals surface area (Å²) in [5.41, 5.74) is 1.17. The van der Waals surface area contributed by atoms with Crippen LogP contribution in [0.5, 0.6) is 0 Å². The standard InChI is InChI=1S/C12H15IN2O2/c13-11-8-10(6-7-12(11)15(16)17)14-9-4-2-1-3-5-9/h6-9,14H,1-5H2. The van der Waals surface area contributed by atoms with Crippen molar-refractivity contribution in [3.05, 3.63) is 31.9 Å². The number of benzene rings is 1. The summed E-state index contributed by atoms with van der Waals surface area (Å²) in [4.78, 5) is 10.4. The first-order valence-corrected chi connectivity index (χ1v) is 6.95. The van der Waals surface area contributed by atoms with E-state index >= 15 is 0 Å². The molecule has 0 unspecified atom stereocenters. The molecule has 0 amide bonds. The maximum Gasteiger partial charge on any atom is 0.282 e. The Morgan fingerprint density at radius 2 is 2.00 bits per heavy atom. The molecular formula is C12H15IN2O2. The van der Waals surface area contributed by atoms with E-state index in [1.165, 1.54) is 32.1 Å². The number of hydrogen-bond acceptors (Lipinski definition) is 3. The van der Waals surface area contributed by atoms with Crippen LogP contribution in [0.25, 0.3) is 0 Å². The van der Waals surface area contributed by atoms with Crippen molar-refractivity contribution in [3.8, 4) is 0 Å². The number of anilines is 1. The Balaban J connectivity index is 2.06. The van der Waals surface area contributed by atoms with Crippen LogP contribution in [0.2, 0.25) is 0 Å². The molecule has 0 aliphatic heterocycles. The lowest BCUT2D eigenvalue weighted by Crippen LogP contribution is -2.22. The van der Waals surface area contributed by atoms with Gasteiger partial charge in [0.2, 0.25) is 0 Å². The molecule has 0 saturated heterocycles. The summed E-state index contributed by atoms with van der Waals surface area (Å²) < 4.78 is 0.688. The Morgan fingerprint density at radius 1 is 1.29 bits per heavy atom. The van der Waals surface area contributed by atoms with Gasteiger partial charge >= 0.3 is 0 Å². The normalized spacial score (nSPS) is 16.8. The lowest BCUT2D eigenvalue weighted by atomic mass is 9.95. The smallest absolute Gasteiger partial charge is 0.282 e. The Bertz CT molecular complexity index is 417. The van der Waals surface area contributed by atoms with Gasteiger partial charge in [-0.1, -0.05) is 19.3 Å². The van der Waals surface area contributed by atoms with E-state index in [9.17, 15) is 10.1 Å². The maximum atomic E-state index is 10.7. The van der Waals surface area contributed by atoms with Crippen molar-refractivity contribution in [2.24, 2.45) is 0 Å². The van der Waals surface area contributed by atoms with Crippen molar-refractivity contribution in [3.63, 3.8) is 0 Å². The highest BCUT2D eigenvalue weighted by Gasteiger charge is 2.15. The molecule has 1 aliphatic carbocycles. The minimum absolute atomic E-state index is 0.180. The van der Waals surface area contributed by atoms with Gasteiger partial charge in [-0.25, -0.2) is 0 Å². The van der Waals surface area contributed by atoms with E-state index in [1.54, 1.807) is 12.1 Å². The summed E-state index contributed by atoms with van der Waals surface area (Å²) in [6.45, 7) is 0. The van der Waals surface area contributed by atoms with Crippen molar-refractivity contribution in [1.29, 1.82) is 0 Å². The Hall–Kier alpha value is -0.850. The molecular weight excluding hydrogens is 331 g/mol. The van der Waals surface area contributed by atoms with E-state index in [0.717, 1.165) is 5.69 Å². The fourth-order valence-corrected chi connectivity index (χ4v) is 2.94. The van der Waals surface area contributed by atoms with Crippen LogP contribution in [-0.4, -0.2) is 11.0 Å². The van der Waals surface area contributed by atoms with Gasteiger partial charge in [0.05, 0.1) is 8.49 Å².